The van der Waals surface area contributed by atoms with Crippen LogP contribution in [-0.4, -0.2) is 6.34 Å². The van der Waals surface area contributed by atoms with E-state index in [-0.39, 0.29) is 0 Å². The highest BCUT2D eigenvalue weighted by Crippen LogP contribution is 2.37. The van der Waals surface area contributed by atoms with E-state index in [1.165, 1.54) is 34.2 Å². The molecule has 0 amide bonds. The van der Waals surface area contributed by atoms with Crippen LogP contribution in [0.25, 0.3) is 28.3 Å². The standard InChI is InChI=1S/C23H22N2S/c1-4-17-8-9-19(12-16(17)3)23-15(2)6-5-7-20(23)18-10-11-21(25-14-24)22(26)13-18/h4-14,26H,1H2,2-3H3,(H2,24,25). The molecular formula is C23H22N2S. The van der Waals surface area contributed by atoms with Crippen LogP contribution in [0.4, 0.5) is 5.69 Å². The van der Waals surface area contributed by atoms with E-state index < -0.39 is 0 Å². The van der Waals surface area contributed by atoms with Crippen molar-refractivity contribution in [3.05, 3.63) is 77.9 Å². The Morgan fingerprint density at radius 1 is 0.962 bits per heavy atom. The van der Waals surface area contributed by atoms with Gasteiger partial charge in [-0.05, 0) is 64.9 Å². The zero-order valence-corrected chi connectivity index (χ0v) is 15.9. The lowest BCUT2D eigenvalue weighted by molar-refractivity contribution is 1.37. The minimum absolute atomic E-state index is 0.764. The summed E-state index contributed by atoms with van der Waals surface area (Å²) >= 11 is 4.56. The van der Waals surface area contributed by atoms with Crippen LogP contribution in [-0.2, 0) is 0 Å². The Balaban J connectivity index is 2.19. The van der Waals surface area contributed by atoms with Gasteiger partial charge in [-0.3, -0.25) is 0 Å². The van der Waals surface area contributed by atoms with Crippen LogP contribution in [0, 0.1) is 13.8 Å². The Hall–Kier alpha value is -2.78. The Morgan fingerprint density at radius 3 is 2.38 bits per heavy atom. The highest BCUT2D eigenvalue weighted by molar-refractivity contribution is 7.80. The predicted molar refractivity (Wildman–Crippen MR) is 116 cm³/mol. The lowest BCUT2D eigenvalue weighted by Gasteiger charge is -2.15. The van der Waals surface area contributed by atoms with Gasteiger partial charge in [-0.15, -0.1) is 12.6 Å². The van der Waals surface area contributed by atoms with Crippen LogP contribution < -0.4 is 5.73 Å². The van der Waals surface area contributed by atoms with E-state index in [9.17, 15) is 0 Å². The van der Waals surface area contributed by atoms with Gasteiger partial charge in [0.15, 0.2) is 0 Å². The maximum atomic E-state index is 5.40. The summed E-state index contributed by atoms with van der Waals surface area (Å²) in [7, 11) is 0. The highest BCUT2D eigenvalue weighted by atomic mass is 32.1. The number of aryl methyl sites for hydroxylation is 2. The lowest BCUT2D eigenvalue weighted by Crippen LogP contribution is -1.91. The van der Waals surface area contributed by atoms with Crippen molar-refractivity contribution in [3.8, 4) is 22.3 Å². The number of aliphatic imine (C=N–C) groups is 1. The van der Waals surface area contributed by atoms with E-state index >= 15 is 0 Å². The third-order valence-corrected chi connectivity index (χ3v) is 4.91. The average molecular weight is 359 g/mol. The second-order valence-electron chi connectivity index (χ2n) is 6.25. The van der Waals surface area contributed by atoms with Gasteiger partial charge in [0.05, 0.1) is 12.0 Å². The largest absolute Gasteiger partial charge is 0.390 e. The number of nitrogens with two attached hydrogens (primary N) is 1. The fourth-order valence-electron chi connectivity index (χ4n) is 3.23. The molecule has 0 saturated carbocycles. The predicted octanol–water partition coefficient (Wildman–Crippen LogP) is 6.19. The summed E-state index contributed by atoms with van der Waals surface area (Å²) < 4.78 is 0. The number of benzene rings is 3. The van der Waals surface area contributed by atoms with Crippen molar-refractivity contribution in [1.29, 1.82) is 0 Å². The maximum absolute atomic E-state index is 5.40. The summed E-state index contributed by atoms with van der Waals surface area (Å²) in [6.07, 6.45) is 3.18. The highest BCUT2D eigenvalue weighted by Gasteiger charge is 2.12. The first-order valence-electron chi connectivity index (χ1n) is 8.46. The van der Waals surface area contributed by atoms with E-state index in [2.05, 4.69) is 80.5 Å². The van der Waals surface area contributed by atoms with Crippen LogP contribution >= 0.6 is 12.6 Å². The van der Waals surface area contributed by atoms with Crippen molar-refractivity contribution in [1.82, 2.24) is 0 Å². The van der Waals surface area contributed by atoms with Crippen molar-refractivity contribution in [3.63, 3.8) is 0 Å². The molecule has 3 aromatic rings. The van der Waals surface area contributed by atoms with Gasteiger partial charge in [-0.25, -0.2) is 4.99 Å². The quantitative estimate of drug-likeness (QED) is 0.326. The molecule has 26 heavy (non-hydrogen) atoms. The van der Waals surface area contributed by atoms with Crippen molar-refractivity contribution in [2.75, 3.05) is 0 Å². The molecule has 0 aliphatic rings. The van der Waals surface area contributed by atoms with Gasteiger partial charge in [-0.2, -0.15) is 0 Å². The van der Waals surface area contributed by atoms with Crippen molar-refractivity contribution in [2.24, 2.45) is 10.7 Å². The maximum Gasteiger partial charge on any atom is 0.0860 e. The molecule has 0 spiro atoms. The third-order valence-electron chi connectivity index (χ3n) is 4.55. The molecule has 0 bridgehead atoms. The Kier molecular flexibility index (Phi) is 5.29. The minimum Gasteiger partial charge on any atom is -0.390 e. The molecule has 0 radical (unpaired) electrons. The molecule has 0 unspecified atom stereocenters. The van der Waals surface area contributed by atoms with Crippen molar-refractivity contribution in [2.45, 2.75) is 18.7 Å². The fourth-order valence-corrected chi connectivity index (χ4v) is 3.50. The fraction of sp³-hybridized carbons (Fsp3) is 0.0870. The van der Waals surface area contributed by atoms with Gasteiger partial charge < -0.3 is 5.73 Å². The van der Waals surface area contributed by atoms with Gasteiger partial charge >= 0.3 is 0 Å². The summed E-state index contributed by atoms with van der Waals surface area (Å²) in [5.41, 5.74) is 14.5. The number of hydrogen-bond donors (Lipinski definition) is 2. The summed E-state index contributed by atoms with van der Waals surface area (Å²) in [4.78, 5) is 4.94. The van der Waals surface area contributed by atoms with Crippen LogP contribution in [0.5, 0.6) is 0 Å². The number of rotatable bonds is 4. The molecule has 130 valence electrons. The van der Waals surface area contributed by atoms with Crippen molar-refractivity contribution < 1.29 is 0 Å². The van der Waals surface area contributed by atoms with Crippen LogP contribution in [0.1, 0.15) is 16.7 Å². The molecule has 3 aromatic carbocycles. The lowest BCUT2D eigenvalue weighted by atomic mass is 9.89. The first-order valence-corrected chi connectivity index (χ1v) is 8.90. The topological polar surface area (TPSA) is 38.4 Å². The van der Waals surface area contributed by atoms with Crippen LogP contribution in [0.3, 0.4) is 0 Å². The Labute approximate surface area is 160 Å². The Bertz CT molecular complexity index is 1000. The van der Waals surface area contributed by atoms with E-state index in [1.807, 2.05) is 18.2 Å². The van der Waals surface area contributed by atoms with Gasteiger partial charge in [0, 0.05) is 4.90 Å². The molecule has 2 N–H and O–H groups in total. The summed E-state index contributed by atoms with van der Waals surface area (Å²) in [5, 5.41) is 0. The van der Waals surface area contributed by atoms with Crippen molar-refractivity contribution >= 4 is 30.7 Å². The third kappa shape index (κ3) is 3.44. The molecule has 0 aliphatic carbocycles. The zero-order valence-electron chi connectivity index (χ0n) is 15.0. The van der Waals surface area contributed by atoms with E-state index in [0.29, 0.717) is 0 Å². The van der Waals surface area contributed by atoms with Gasteiger partial charge in [0.1, 0.15) is 0 Å². The molecule has 2 nitrogen and oxygen atoms in total. The number of nitrogens with zero attached hydrogens (tertiary/aromatic N) is 1. The number of thiol groups is 1. The van der Waals surface area contributed by atoms with E-state index in [1.54, 1.807) is 0 Å². The first kappa shape index (κ1) is 18.0. The first-order chi connectivity index (χ1) is 12.5. The molecule has 0 aromatic heterocycles. The van der Waals surface area contributed by atoms with Gasteiger partial charge in [0.25, 0.3) is 0 Å². The summed E-state index contributed by atoms with van der Waals surface area (Å²) in [6, 6.07) is 18.9. The summed E-state index contributed by atoms with van der Waals surface area (Å²) in [6.45, 7) is 8.14. The van der Waals surface area contributed by atoms with Gasteiger partial charge in [0.2, 0.25) is 0 Å². The molecule has 3 rings (SSSR count). The molecule has 0 saturated heterocycles. The van der Waals surface area contributed by atoms with Crippen LogP contribution in [0.15, 0.2) is 71.1 Å². The minimum atomic E-state index is 0.764. The second kappa shape index (κ2) is 7.63. The van der Waals surface area contributed by atoms with Gasteiger partial charge in [-0.1, -0.05) is 55.1 Å². The Morgan fingerprint density at radius 2 is 1.73 bits per heavy atom. The monoisotopic (exact) mass is 358 g/mol. The SMILES string of the molecule is C=Cc1ccc(-c2c(C)cccc2-c2ccc(N=CN)c(S)c2)cc1C. The number of hydrogen-bond acceptors (Lipinski definition) is 2. The molecule has 0 atom stereocenters. The molecule has 3 heteroatoms. The molecule has 0 aliphatic heterocycles. The van der Waals surface area contributed by atoms with E-state index in [4.69, 9.17) is 5.73 Å². The summed E-state index contributed by atoms with van der Waals surface area (Å²) in [5.74, 6) is 0. The smallest absolute Gasteiger partial charge is 0.0860 e. The second-order valence-corrected chi connectivity index (χ2v) is 6.74. The molecule has 0 heterocycles. The average Bonchev–Trinajstić information content (AvgIpc) is 2.63. The zero-order chi connectivity index (χ0) is 18.7. The van der Waals surface area contributed by atoms with E-state index in [0.717, 1.165) is 21.7 Å². The van der Waals surface area contributed by atoms with Crippen LogP contribution in [0.2, 0.25) is 0 Å². The molecular weight excluding hydrogens is 336 g/mol. The molecule has 0 fully saturated rings. The normalized spacial score (nSPS) is 11.0.